The number of carbonyl (C=O) groups excluding carboxylic acids is 1. The maximum absolute atomic E-state index is 14.1. The van der Waals surface area contributed by atoms with Crippen molar-refractivity contribution in [3.05, 3.63) is 57.6 Å². The molecule has 26 heavy (non-hydrogen) atoms. The van der Waals surface area contributed by atoms with Crippen molar-refractivity contribution in [3.8, 4) is 5.75 Å². The molecule has 0 aliphatic carbocycles. The van der Waals surface area contributed by atoms with E-state index < -0.39 is 11.7 Å². The summed E-state index contributed by atoms with van der Waals surface area (Å²) >= 11 is 12.0. The Kier molecular flexibility index (Phi) is 5.96. The first-order valence-electron chi connectivity index (χ1n) is 8.04. The summed E-state index contributed by atoms with van der Waals surface area (Å²) < 4.78 is 25.4. The lowest BCUT2D eigenvalue weighted by Gasteiger charge is -2.33. The molecule has 1 saturated heterocycles. The highest BCUT2D eigenvalue weighted by Crippen LogP contribution is 2.25. The van der Waals surface area contributed by atoms with Crippen molar-refractivity contribution >= 4 is 29.1 Å². The fourth-order valence-corrected chi connectivity index (χ4v) is 3.07. The number of amides is 1. The predicted octanol–water partition coefficient (Wildman–Crippen LogP) is 3.76. The Bertz CT molecular complexity index is 819. The molecule has 0 spiro atoms. The normalized spacial score (nSPS) is 17.2. The molecule has 0 N–H and O–H groups in total. The van der Waals surface area contributed by atoms with Gasteiger partial charge in [0.25, 0.3) is 5.91 Å². The van der Waals surface area contributed by atoms with Crippen molar-refractivity contribution in [1.29, 1.82) is 0 Å². The monoisotopic (exact) mass is 398 g/mol. The Labute approximate surface area is 160 Å². The van der Waals surface area contributed by atoms with E-state index in [4.69, 9.17) is 32.7 Å². The summed E-state index contributed by atoms with van der Waals surface area (Å²) in [4.78, 5) is 18.2. The summed E-state index contributed by atoms with van der Waals surface area (Å²) in [5, 5.41) is 0.604. The quantitative estimate of drug-likeness (QED) is 0.786. The minimum Gasteiger partial charge on any atom is -0.489 e. The number of nitrogens with zero attached hydrogens (tertiary/aromatic N) is 2. The van der Waals surface area contributed by atoms with Gasteiger partial charge in [0.2, 0.25) is 0 Å². The number of hydrogen-bond acceptors (Lipinski definition) is 4. The second-order valence-corrected chi connectivity index (χ2v) is 6.76. The molecule has 3 rings (SSSR count). The van der Waals surface area contributed by atoms with Gasteiger partial charge in [-0.05, 0) is 18.6 Å². The number of morpholine rings is 1. The average Bonchev–Trinajstić information content (AvgIpc) is 2.64. The van der Waals surface area contributed by atoms with Crippen molar-refractivity contribution in [3.63, 3.8) is 0 Å². The van der Waals surface area contributed by atoms with Gasteiger partial charge in [0, 0.05) is 18.8 Å². The zero-order valence-corrected chi connectivity index (χ0v) is 15.6. The molecule has 8 heteroatoms. The standard InChI is InChI=1S/C18H17Cl2FN2O3/c1-11-2-3-15(21)16(17(11)20)18(24)23-4-5-25-14(9-23)10-26-13-6-12(19)7-22-8-13/h2-3,6-8,14H,4-5,9-10H2,1H3. The Morgan fingerprint density at radius 1 is 1.42 bits per heavy atom. The summed E-state index contributed by atoms with van der Waals surface area (Å²) in [6.45, 7) is 2.91. The summed E-state index contributed by atoms with van der Waals surface area (Å²) in [6, 6.07) is 4.44. The molecule has 1 unspecified atom stereocenters. The van der Waals surface area contributed by atoms with Gasteiger partial charge in [0.15, 0.2) is 0 Å². The first-order valence-corrected chi connectivity index (χ1v) is 8.80. The van der Waals surface area contributed by atoms with Crippen molar-refractivity contribution < 1.29 is 18.7 Å². The van der Waals surface area contributed by atoms with Crippen molar-refractivity contribution in [1.82, 2.24) is 9.88 Å². The summed E-state index contributed by atoms with van der Waals surface area (Å²) in [7, 11) is 0. The molecule has 1 amide bonds. The molecule has 0 radical (unpaired) electrons. The van der Waals surface area contributed by atoms with Gasteiger partial charge in [-0.25, -0.2) is 4.39 Å². The van der Waals surface area contributed by atoms with E-state index in [9.17, 15) is 9.18 Å². The van der Waals surface area contributed by atoms with Crippen LogP contribution in [0, 0.1) is 12.7 Å². The van der Waals surface area contributed by atoms with E-state index in [0.717, 1.165) is 0 Å². The molecule has 1 aliphatic heterocycles. The molecule has 5 nitrogen and oxygen atoms in total. The van der Waals surface area contributed by atoms with Crippen LogP contribution in [0.4, 0.5) is 4.39 Å². The maximum Gasteiger partial charge on any atom is 0.258 e. The second kappa shape index (κ2) is 8.20. The minimum atomic E-state index is -0.630. The number of ether oxygens (including phenoxy) is 2. The number of halogens is 3. The Morgan fingerprint density at radius 3 is 3.00 bits per heavy atom. The first kappa shape index (κ1) is 18.9. The second-order valence-electron chi connectivity index (χ2n) is 5.95. The average molecular weight is 399 g/mol. The Hall–Kier alpha value is -1.89. The third-order valence-electron chi connectivity index (χ3n) is 4.04. The van der Waals surface area contributed by atoms with Gasteiger partial charge in [-0.3, -0.25) is 9.78 Å². The third-order valence-corrected chi connectivity index (χ3v) is 4.73. The van der Waals surface area contributed by atoms with Gasteiger partial charge in [-0.15, -0.1) is 0 Å². The van der Waals surface area contributed by atoms with E-state index in [1.807, 2.05) is 0 Å². The van der Waals surface area contributed by atoms with E-state index >= 15 is 0 Å². The van der Waals surface area contributed by atoms with Crippen molar-refractivity contribution in [2.75, 3.05) is 26.3 Å². The zero-order valence-electron chi connectivity index (χ0n) is 14.0. The van der Waals surface area contributed by atoms with Gasteiger partial charge in [0.1, 0.15) is 24.3 Å². The molecular weight excluding hydrogens is 382 g/mol. The molecule has 2 heterocycles. The summed E-state index contributed by atoms with van der Waals surface area (Å²) in [5.74, 6) is -0.568. The van der Waals surface area contributed by atoms with E-state index in [0.29, 0.717) is 29.5 Å². The number of pyridine rings is 1. The number of carbonyl (C=O) groups is 1. The lowest BCUT2D eigenvalue weighted by Crippen LogP contribution is -2.47. The van der Waals surface area contributed by atoms with Crippen molar-refractivity contribution in [2.24, 2.45) is 0 Å². The SMILES string of the molecule is Cc1ccc(F)c(C(=O)N2CCOC(COc3cncc(Cl)c3)C2)c1Cl. The fraction of sp³-hybridized carbons (Fsp3) is 0.333. The highest BCUT2D eigenvalue weighted by atomic mass is 35.5. The van der Waals surface area contributed by atoms with E-state index in [-0.39, 0.29) is 29.8 Å². The highest BCUT2D eigenvalue weighted by Gasteiger charge is 2.29. The molecule has 1 aromatic heterocycles. The van der Waals surface area contributed by atoms with E-state index in [1.54, 1.807) is 25.3 Å². The number of benzene rings is 1. The van der Waals surface area contributed by atoms with Crippen LogP contribution >= 0.6 is 23.2 Å². The van der Waals surface area contributed by atoms with Gasteiger partial charge >= 0.3 is 0 Å². The lowest BCUT2D eigenvalue weighted by atomic mass is 10.1. The molecule has 2 aromatic rings. The summed E-state index contributed by atoms with van der Waals surface area (Å²) in [6.07, 6.45) is 2.70. The fourth-order valence-electron chi connectivity index (χ4n) is 2.68. The van der Waals surface area contributed by atoms with Gasteiger partial charge in [-0.2, -0.15) is 0 Å². The third kappa shape index (κ3) is 4.26. The Morgan fingerprint density at radius 2 is 2.23 bits per heavy atom. The van der Waals surface area contributed by atoms with Gasteiger partial charge in [-0.1, -0.05) is 29.3 Å². The molecule has 138 valence electrons. The maximum atomic E-state index is 14.1. The molecule has 0 saturated carbocycles. The number of aryl methyl sites for hydroxylation is 1. The Balaban J connectivity index is 1.67. The first-order chi connectivity index (χ1) is 12.5. The molecule has 1 aromatic carbocycles. The van der Waals surface area contributed by atoms with Crippen molar-refractivity contribution in [2.45, 2.75) is 13.0 Å². The molecule has 1 aliphatic rings. The van der Waals surface area contributed by atoms with Crippen LogP contribution in [0.15, 0.2) is 30.6 Å². The zero-order chi connectivity index (χ0) is 18.7. The minimum absolute atomic E-state index is 0.104. The van der Waals surface area contributed by atoms with Crippen LogP contribution in [0.2, 0.25) is 10.0 Å². The van der Waals surface area contributed by atoms with Crippen LogP contribution in [0.3, 0.4) is 0 Å². The van der Waals surface area contributed by atoms with E-state index in [1.165, 1.54) is 17.2 Å². The molecule has 1 atom stereocenters. The smallest absolute Gasteiger partial charge is 0.258 e. The number of aromatic nitrogens is 1. The molecule has 0 bridgehead atoms. The van der Waals surface area contributed by atoms with Gasteiger partial charge in [0.05, 0.1) is 35.0 Å². The van der Waals surface area contributed by atoms with Gasteiger partial charge < -0.3 is 14.4 Å². The van der Waals surface area contributed by atoms with E-state index in [2.05, 4.69) is 4.98 Å². The van der Waals surface area contributed by atoms with Crippen LogP contribution in [0.25, 0.3) is 0 Å². The predicted molar refractivity (Wildman–Crippen MR) is 96.5 cm³/mol. The summed E-state index contributed by atoms with van der Waals surface area (Å²) in [5.41, 5.74) is 0.547. The number of hydrogen-bond donors (Lipinski definition) is 0. The highest BCUT2D eigenvalue weighted by molar-refractivity contribution is 6.34. The largest absolute Gasteiger partial charge is 0.489 e. The number of rotatable bonds is 4. The topological polar surface area (TPSA) is 51.7 Å². The van der Waals surface area contributed by atoms with Crippen LogP contribution in [-0.4, -0.2) is 48.2 Å². The van der Waals surface area contributed by atoms with Crippen LogP contribution in [0.5, 0.6) is 5.75 Å². The molecular formula is C18H17Cl2FN2O3. The van der Waals surface area contributed by atoms with Crippen LogP contribution in [0.1, 0.15) is 15.9 Å². The van der Waals surface area contributed by atoms with Crippen LogP contribution < -0.4 is 4.74 Å². The molecule has 1 fully saturated rings. The lowest BCUT2D eigenvalue weighted by molar-refractivity contribution is -0.0402. The van der Waals surface area contributed by atoms with Crippen LogP contribution in [-0.2, 0) is 4.74 Å².